The molecule has 7 nitrogen and oxygen atoms in total. The highest BCUT2D eigenvalue weighted by atomic mass is 35.5. The Labute approximate surface area is 210 Å². The fraction of sp³-hybridized carbons (Fsp3) is 0. The monoisotopic (exact) mass is 491 g/mol. The molecule has 0 saturated heterocycles. The lowest BCUT2D eigenvalue weighted by atomic mass is 9.89. The molecule has 0 aliphatic rings. The predicted octanol–water partition coefficient (Wildman–Crippen LogP) is 5.60. The molecule has 0 fully saturated rings. The smallest absolute Gasteiger partial charge is 0.262 e. The van der Waals surface area contributed by atoms with Gasteiger partial charge in [-0.05, 0) is 39.9 Å². The summed E-state index contributed by atoms with van der Waals surface area (Å²) in [5.41, 5.74) is 6.67. The van der Waals surface area contributed by atoms with Crippen LogP contribution in [0.2, 0.25) is 5.02 Å². The maximum Gasteiger partial charge on any atom is 0.262 e. The fourth-order valence-corrected chi connectivity index (χ4v) is 4.46. The van der Waals surface area contributed by atoms with Gasteiger partial charge in [-0.15, -0.1) is 0 Å². The van der Waals surface area contributed by atoms with E-state index < -0.39 is 0 Å². The lowest BCUT2D eigenvalue weighted by molar-refractivity contribution is -0.605. The van der Waals surface area contributed by atoms with Gasteiger partial charge in [0, 0.05) is 28.3 Å². The van der Waals surface area contributed by atoms with E-state index in [1.165, 1.54) is 18.6 Å². The van der Waals surface area contributed by atoms with Gasteiger partial charge in [0.15, 0.2) is 18.0 Å². The van der Waals surface area contributed by atoms with Gasteiger partial charge >= 0.3 is 0 Å². The van der Waals surface area contributed by atoms with Gasteiger partial charge in [-0.25, -0.2) is 4.98 Å². The van der Waals surface area contributed by atoms with E-state index in [2.05, 4.69) is 20.2 Å². The number of halogens is 1. The second-order valence-electron chi connectivity index (χ2n) is 8.31. The minimum absolute atomic E-state index is 0.262. The molecule has 0 atom stereocenters. The fourth-order valence-electron chi connectivity index (χ4n) is 4.34. The molecule has 0 saturated carbocycles. The third-order valence-electron chi connectivity index (χ3n) is 6.10. The van der Waals surface area contributed by atoms with Gasteiger partial charge in [-0.3, -0.25) is 9.89 Å². The summed E-state index contributed by atoms with van der Waals surface area (Å²) >= 11 is 6.15. The summed E-state index contributed by atoms with van der Waals surface area (Å²) in [7, 11) is 0. The predicted molar refractivity (Wildman–Crippen MR) is 140 cm³/mol. The molecule has 2 N–H and O–H groups in total. The molecule has 3 aromatic carbocycles. The number of nitrogens with one attached hydrogen (secondary N) is 2. The van der Waals surface area contributed by atoms with Crippen molar-refractivity contribution >= 4 is 22.6 Å². The topological polar surface area (TPSA) is 101 Å². The molecular weight excluding hydrogens is 474 g/mol. The van der Waals surface area contributed by atoms with Crippen molar-refractivity contribution in [3.05, 3.63) is 118 Å². The maximum atomic E-state index is 12.7. The summed E-state index contributed by atoms with van der Waals surface area (Å²) in [4.78, 5) is 20.3. The molecule has 6 rings (SSSR count). The van der Waals surface area contributed by atoms with Crippen LogP contribution < -0.4 is 10.3 Å². The van der Waals surface area contributed by atoms with Gasteiger partial charge in [0.2, 0.25) is 0 Å². The van der Waals surface area contributed by atoms with Gasteiger partial charge in [-0.2, -0.15) is 9.83 Å². The maximum absolute atomic E-state index is 12.7. The molecule has 3 heterocycles. The number of hydrogen-bond acceptors (Lipinski definition) is 4. The van der Waals surface area contributed by atoms with E-state index in [1.54, 1.807) is 12.1 Å². The van der Waals surface area contributed by atoms with Crippen LogP contribution in [-0.2, 0) is 0 Å². The molecule has 36 heavy (non-hydrogen) atoms. The zero-order chi connectivity index (χ0) is 24.6. The molecule has 8 heteroatoms. The Kier molecular flexibility index (Phi) is 5.32. The third kappa shape index (κ3) is 3.91. The molecule has 3 aromatic heterocycles. The van der Waals surface area contributed by atoms with E-state index >= 15 is 0 Å². The quantitative estimate of drug-likeness (QED) is 0.247. The normalized spacial score (nSPS) is 11.1. The van der Waals surface area contributed by atoms with E-state index in [-0.39, 0.29) is 5.56 Å². The van der Waals surface area contributed by atoms with E-state index in [9.17, 15) is 10.0 Å². The minimum atomic E-state index is -0.262. The second-order valence-corrected chi connectivity index (χ2v) is 8.74. The number of nitrogens with zero attached hydrogens (tertiary/aromatic N) is 3. The minimum Gasteiger partial charge on any atom is -0.619 e. The number of H-pyrrole nitrogens is 2. The first-order valence-electron chi connectivity index (χ1n) is 11.2. The molecule has 6 aromatic rings. The van der Waals surface area contributed by atoms with Crippen molar-refractivity contribution in [2.24, 2.45) is 0 Å². The Morgan fingerprint density at radius 1 is 0.778 bits per heavy atom. The van der Waals surface area contributed by atoms with Crippen molar-refractivity contribution in [3.63, 3.8) is 0 Å². The molecule has 0 radical (unpaired) electrons. The largest absolute Gasteiger partial charge is 0.619 e. The first kappa shape index (κ1) is 21.8. The molecule has 0 aliphatic heterocycles. The van der Waals surface area contributed by atoms with Crippen molar-refractivity contribution in [1.82, 2.24) is 20.2 Å². The Morgan fingerprint density at radius 3 is 2.17 bits per heavy atom. The molecule has 174 valence electrons. The Balaban J connectivity index is 1.56. The summed E-state index contributed by atoms with van der Waals surface area (Å²) in [6.45, 7) is 0. The van der Waals surface area contributed by atoms with Crippen LogP contribution in [0.25, 0.3) is 55.8 Å². The van der Waals surface area contributed by atoms with Gasteiger partial charge in [-0.1, -0.05) is 66.2 Å². The summed E-state index contributed by atoms with van der Waals surface area (Å²) in [6, 6.07) is 25.2. The first-order chi connectivity index (χ1) is 17.6. The SMILES string of the molecule is O=c1[nH]c(-c2cccc(-c3ccc(Cl)cc3)c2-c2ccc(-c3cc[n+]([O-])cc3)cc2)nc2[nH]ncc12. The third-order valence-corrected chi connectivity index (χ3v) is 6.36. The van der Waals surface area contributed by atoms with E-state index in [0.29, 0.717) is 21.9 Å². The number of hydrogen-bond donors (Lipinski definition) is 2. The van der Waals surface area contributed by atoms with Crippen molar-refractivity contribution in [1.29, 1.82) is 0 Å². The van der Waals surface area contributed by atoms with E-state index in [0.717, 1.165) is 43.7 Å². The Hall–Kier alpha value is -4.75. The van der Waals surface area contributed by atoms with Gasteiger partial charge in [0.1, 0.15) is 11.2 Å². The van der Waals surface area contributed by atoms with Gasteiger partial charge in [0.05, 0.1) is 6.20 Å². The number of aromatic nitrogens is 5. The van der Waals surface area contributed by atoms with Crippen LogP contribution in [0.4, 0.5) is 0 Å². The summed E-state index contributed by atoms with van der Waals surface area (Å²) in [5, 5.41) is 19.2. The lowest BCUT2D eigenvalue weighted by Gasteiger charge is -2.16. The second kappa shape index (κ2) is 8.79. The molecule has 0 amide bonds. The molecule has 0 aliphatic carbocycles. The number of rotatable bonds is 4. The average Bonchev–Trinajstić information content (AvgIpc) is 3.39. The highest BCUT2D eigenvalue weighted by molar-refractivity contribution is 6.30. The number of fused-ring (bicyclic) bond motifs is 1. The van der Waals surface area contributed by atoms with E-state index in [4.69, 9.17) is 11.6 Å². The van der Waals surface area contributed by atoms with Gasteiger partial charge < -0.3 is 10.2 Å². The van der Waals surface area contributed by atoms with Crippen LogP contribution in [0.5, 0.6) is 0 Å². The van der Waals surface area contributed by atoms with Crippen LogP contribution in [0.1, 0.15) is 0 Å². The Morgan fingerprint density at radius 2 is 1.42 bits per heavy atom. The molecule has 0 spiro atoms. The van der Waals surface area contributed by atoms with Crippen LogP contribution in [-0.4, -0.2) is 20.2 Å². The number of pyridine rings is 1. The highest BCUT2D eigenvalue weighted by Crippen LogP contribution is 2.40. The average molecular weight is 492 g/mol. The van der Waals surface area contributed by atoms with Crippen LogP contribution in [0.15, 0.2) is 102 Å². The number of aromatic amines is 2. The zero-order valence-electron chi connectivity index (χ0n) is 18.8. The van der Waals surface area contributed by atoms with Crippen molar-refractivity contribution in [2.45, 2.75) is 0 Å². The zero-order valence-corrected chi connectivity index (χ0v) is 19.5. The molecular formula is C28H18ClN5O2. The summed E-state index contributed by atoms with van der Waals surface area (Å²) < 4.78 is 0.761. The highest BCUT2D eigenvalue weighted by Gasteiger charge is 2.17. The summed E-state index contributed by atoms with van der Waals surface area (Å²) in [6.07, 6.45) is 4.42. The van der Waals surface area contributed by atoms with Crippen molar-refractivity contribution in [2.75, 3.05) is 0 Å². The van der Waals surface area contributed by atoms with E-state index in [1.807, 2.05) is 66.7 Å². The van der Waals surface area contributed by atoms with Crippen molar-refractivity contribution in [3.8, 4) is 44.8 Å². The van der Waals surface area contributed by atoms with Crippen LogP contribution in [0.3, 0.4) is 0 Å². The van der Waals surface area contributed by atoms with Crippen LogP contribution >= 0.6 is 11.6 Å². The lowest BCUT2D eigenvalue weighted by Crippen LogP contribution is -2.23. The summed E-state index contributed by atoms with van der Waals surface area (Å²) in [5.74, 6) is 0.440. The Bertz CT molecular complexity index is 1760. The van der Waals surface area contributed by atoms with Crippen LogP contribution in [0, 0.1) is 5.21 Å². The van der Waals surface area contributed by atoms with Crippen molar-refractivity contribution < 1.29 is 4.73 Å². The molecule has 0 unspecified atom stereocenters. The number of benzene rings is 3. The van der Waals surface area contributed by atoms with Gasteiger partial charge in [0.25, 0.3) is 5.56 Å². The standard InChI is InChI=1S/C28H18ClN5O2/c29-21-10-8-19(9-11-21)22-2-1-3-23(26-31-27-24(16-30-33-27)28(35)32-26)25(22)20-6-4-17(5-7-20)18-12-14-34(36)15-13-18/h1-16H,(H2,30,31,32,33,35). The first-order valence-corrected chi connectivity index (χ1v) is 11.6. The molecule has 0 bridgehead atoms.